The van der Waals surface area contributed by atoms with E-state index >= 15 is 0 Å². The third kappa shape index (κ3) is 4.44. The molecule has 0 saturated carbocycles. The molecule has 3 nitrogen and oxygen atoms in total. The number of rotatable bonds is 3. The summed E-state index contributed by atoms with van der Waals surface area (Å²) in [5, 5.41) is 0. The van der Waals surface area contributed by atoms with E-state index in [1.165, 1.54) is 0 Å². The van der Waals surface area contributed by atoms with Gasteiger partial charge in [-0.05, 0) is 39.5 Å². The average Bonchev–Trinajstić information content (AvgIpc) is 2.09. The molecule has 114 valence electrons. The number of hydrogen-bond acceptors (Lipinski definition) is 3. The fraction of sp³-hybridized carbons (Fsp3) is 1.00. The minimum Gasteiger partial charge on any atom is -0.367 e. The molecule has 0 aromatic heterocycles. The van der Waals surface area contributed by atoms with E-state index in [0.29, 0.717) is 6.04 Å². The Kier molecular flexibility index (Phi) is 4.76. The first kappa shape index (κ1) is 16.9. The molecular weight excluding hydrogens is 236 g/mol. The van der Waals surface area contributed by atoms with Gasteiger partial charge in [0.2, 0.25) is 0 Å². The van der Waals surface area contributed by atoms with Crippen LogP contribution in [0.3, 0.4) is 0 Å². The summed E-state index contributed by atoms with van der Waals surface area (Å²) in [6.45, 7) is 19.7. The molecule has 0 amide bonds. The van der Waals surface area contributed by atoms with Gasteiger partial charge < -0.3 is 10.5 Å². The molecule has 1 aliphatic heterocycles. The van der Waals surface area contributed by atoms with Gasteiger partial charge in [-0.15, -0.1) is 0 Å². The largest absolute Gasteiger partial charge is 0.367 e. The second-order valence-electron chi connectivity index (χ2n) is 8.41. The van der Waals surface area contributed by atoms with Gasteiger partial charge in [-0.2, -0.15) is 0 Å². The molecule has 0 bridgehead atoms. The molecule has 0 aliphatic carbocycles. The topological polar surface area (TPSA) is 38.5 Å². The lowest BCUT2D eigenvalue weighted by atomic mass is 9.79. The molecule has 1 saturated heterocycles. The normalized spacial score (nSPS) is 27.0. The number of nitrogens with zero attached hydrogens (tertiary/aromatic N) is 1. The monoisotopic (exact) mass is 270 g/mol. The third-order valence-corrected chi connectivity index (χ3v) is 3.88. The Balaban J connectivity index is 3.02. The lowest BCUT2D eigenvalue weighted by Gasteiger charge is -2.53. The van der Waals surface area contributed by atoms with E-state index in [4.69, 9.17) is 10.5 Å². The van der Waals surface area contributed by atoms with Gasteiger partial charge in [-0.3, -0.25) is 4.90 Å². The van der Waals surface area contributed by atoms with Crippen molar-refractivity contribution in [3.8, 4) is 0 Å². The van der Waals surface area contributed by atoms with Crippen LogP contribution in [0.1, 0.15) is 61.8 Å². The van der Waals surface area contributed by atoms with Crippen molar-refractivity contribution in [1.82, 2.24) is 4.90 Å². The van der Waals surface area contributed by atoms with Crippen LogP contribution in [0.15, 0.2) is 0 Å². The summed E-state index contributed by atoms with van der Waals surface area (Å²) >= 11 is 0. The molecule has 1 aliphatic rings. The first-order valence-electron chi connectivity index (χ1n) is 7.58. The Morgan fingerprint density at radius 1 is 1.11 bits per heavy atom. The quantitative estimate of drug-likeness (QED) is 0.856. The second-order valence-corrected chi connectivity index (χ2v) is 8.41. The number of ether oxygens (including phenoxy) is 1. The van der Waals surface area contributed by atoms with Gasteiger partial charge in [-0.25, -0.2) is 0 Å². The van der Waals surface area contributed by atoms with Crippen LogP contribution in [0.5, 0.6) is 0 Å². The predicted molar refractivity (Wildman–Crippen MR) is 82.3 cm³/mol. The average molecular weight is 270 g/mol. The van der Waals surface area contributed by atoms with Crippen LogP contribution in [-0.4, -0.2) is 41.3 Å². The van der Waals surface area contributed by atoms with Gasteiger partial charge in [0.25, 0.3) is 0 Å². The van der Waals surface area contributed by atoms with Crippen molar-refractivity contribution < 1.29 is 4.74 Å². The zero-order valence-corrected chi connectivity index (χ0v) is 14.2. The van der Waals surface area contributed by atoms with Crippen LogP contribution in [0, 0.1) is 5.41 Å². The number of hydrogen-bond donors (Lipinski definition) is 1. The SMILES string of the molecule is CCC(N)C(N1CC(C)(C)OC(C)(C)C1)C(C)(C)C. The predicted octanol–water partition coefficient (Wildman–Crippen LogP) is 3.03. The van der Waals surface area contributed by atoms with E-state index in [1.807, 2.05) is 0 Å². The first-order valence-corrected chi connectivity index (χ1v) is 7.58. The summed E-state index contributed by atoms with van der Waals surface area (Å²) < 4.78 is 6.19. The van der Waals surface area contributed by atoms with Crippen molar-refractivity contribution in [2.75, 3.05) is 13.1 Å². The van der Waals surface area contributed by atoms with Gasteiger partial charge in [0, 0.05) is 25.2 Å². The van der Waals surface area contributed by atoms with Crippen LogP contribution in [-0.2, 0) is 4.74 Å². The van der Waals surface area contributed by atoms with Gasteiger partial charge in [0.15, 0.2) is 0 Å². The number of nitrogens with two attached hydrogens (primary N) is 1. The van der Waals surface area contributed by atoms with Crippen molar-refractivity contribution >= 4 is 0 Å². The molecule has 3 heteroatoms. The molecular formula is C16H34N2O. The van der Waals surface area contributed by atoms with Gasteiger partial charge >= 0.3 is 0 Å². The standard InChI is InChI=1S/C16H34N2O/c1-9-12(17)13(14(2,3)4)18-10-15(5,6)19-16(7,8)11-18/h12-13H,9-11,17H2,1-8H3. The fourth-order valence-corrected chi connectivity index (χ4v) is 3.73. The van der Waals surface area contributed by atoms with E-state index in [1.54, 1.807) is 0 Å². The van der Waals surface area contributed by atoms with Crippen molar-refractivity contribution in [3.63, 3.8) is 0 Å². The van der Waals surface area contributed by atoms with Gasteiger partial charge in [0.05, 0.1) is 11.2 Å². The highest BCUT2D eigenvalue weighted by Gasteiger charge is 2.44. The molecule has 2 N–H and O–H groups in total. The van der Waals surface area contributed by atoms with E-state index in [-0.39, 0.29) is 22.7 Å². The van der Waals surface area contributed by atoms with E-state index < -0.39 is 0 Å². The highest BCUT2D eigenvalue weighted by atomic mass is 16.5. The molecule has 0 spiro atoms. The highest BCUT2D eigenvalue weighted by molar-refractivity contribution is 4.98. The summed E-state index contributed by atoms with van der Waals surface area (Å²) in [4.78, 5) is 2.55. The molecule has 19 heavy (non-hydrogen) atoms. The van der Waals surface area contributed by atoms with E-state index in [2.05, 4.69) is 60.3 Å². The molecule has 2 unspecified atom stereocenters. The van der Waals surface area contributed by atoms with Crippen LogP contribution in [0.2, 0.25) is 0 Å². The Hall–Kier alpha value is -0.120. The number of morpholine rings is 1. The summed E-state index contributed by atoms with van der Waals surface area (Å²) in [6.07, 6.45) is 1.01. The van der Waals surface area contributed by atoms with Gasteiger partial charge in [-0.1, -0.05) is 27.7 Å². The summed E-state index contributed by atoms with van der Waals surface area (Å²) in [7, 11) is 0. The minimum atomic E-state index is -0.112. The van der Waals surface area contributed by atoms with E-state index in [9.17, 15) is 0 Å². The third-order valence-electron chi connectivity index (χ3n) is 3.88. The molecule has 2 atom stereocenters. The van der Waals surface area contributed by atoms with Crippen molar-refractivity contribution in [3.05, 3.63) is 0 Å². The lowest BCUT2D eigenvalue weighted by molar-refractivity contribution is -0.195. The Morgan fingerprint density at radius 2 is 1.53 bits per heavy atom. The molecule has 0 aromatic rings. The Labute approximate surface area is 119 Å². The van der Waals surface area contributed by atoms with E-state index in [0.717, 1.165) is 19.5 Å². The van der Waals surface area contributed by atoms with Crippen molar-refractivity contribution in [1.29, 1.82) is 0 Å². The van der Waals surface area contributed by atoms with Crippen LogP contribution in [0.25, 0.3) is 0 Å². The maximum Gasteiger partial charge on any atom is 0.0760 e. The summed E-state index contributed by atoms with van der Waals surface area (Å²) in [6, 6.07) is 0.602. The first-order chi connectivity index (χ1) is 8.38. The molecule has 1 heterocycles. The Bertz CT molecular complexity index is 288. The molecule has 0 aromatic carbocycles. The summed E-state index contributed by atoms with van der Waals surface area (Å²) in [5.74, 6) is 0. The fourth-order valence-electron chi connectivity index (χ4n) is 3.73. The zero-order chi connectivity index (χ0) is 15.1. The zero-order valence-electron chi connectivity index (χ0n) is 14.2. The van der Waals surface area contributed by atoms with Crippen LogP contribution in [0.4, 0.5) is 0 Å². The maximum absolute atomic E-state index is 6.43. The minimum absolute atomic E-state index is 0.112. The van der Waals surface area contributed by atoms with Crippen LogP contribution < -0.4 is 5.73 Å². The van der Waals surface area contributed by atoms with Gasteiger partial charge in [0.1, 0.15) is 0 Å². The van der Waals surface area contributed by atoms with Crippen molar-refractivity contribution in [2.45, 2.75) is 85.1 Å². The smallest absolute Gasteiger partial charge is 0.0760 e. The molecule has 1 rings (SSSR count). The lowest BCUT2D eigenvalue weighted by Crippen LogP contribution is -2.65. The highest BCUT2D eigenvalue weighted by Crippen LogP contribution is 2.35. The van der Waals surface area contributed by atoms with Crippen LogP contribution >= 0.6 is 0 Å². The molecule has 0 radical (unpaired) electrons. The second kappa shape index (κ2) is 5.34. The Morgan fingerprint density at radius 3 is 1.84 bits per heavy atom. The maximum atomic E-state index is 6.43. The summed E-state index contributed by atoms with van der Waals surface area (Å²) in [5.41, 5.74) is 6.38. The van der Waals surface area contributed by atoms with Crippen molar-refractivity contribution in [2.24, 2.45) is 11.1 Å². The molecule has 1 fully saturated rings.